The summed E-state index contributed by atoms with van der Waals surface area (Å²) in [6, 6.07) is 0. The third-order valence-corrected chi connectivity index (χ3v) is 2.33. The summed E-state index contributed by atoms with van der Waals surface area (Å²) in [6.07, 6.45) is 4.01. The lowest BCUT2D eigenvalue weighted by atomic mass is 9.88. The summed E-state index contributed by atoms with van der Waals surface area (Å²) >= 11 is 0. The molecule has 0 fully saturated rings. The minimum Gasteiger partial charge on any atom is -0.369 e. The van der Waals surface area contributed by atoms with Gasteiger partial charge in [0.2, 0.25) is 5.91 Å². The average molecular weight is 166 g/mol. The third kappa shape index (κ3) is 1.09. The van der Waals surface area contributed by atoms with E-state index in [0.29, 0.717) is 6.42 Å². The van der Waals surface area contributed by atoms with Crippen LogP contribution in [0.25, 0.3) is 0 Å². The van der Waals surface area contributed by atoms with E-state index < -0.39 is 0 Å². The Kier molecular flexibility index (Phi) is 1.60. The summed E-state index contributed by atoms with van der Waals surface area (Å²) in [7, 11) is 0. The first kappa shape index (κ1) is 7.34. The highest BCUT2D eigenvalue weighted by molar-refractivity contribution is 5.77. The van der Waals surface area contributed by atoms with Gasteiger partial charge in [0.1, 0.15) is 5.76 Å². The number of nitrogens with two attached hydrogens (primary N) is 1. The fourth-order valence-corrected chi connectivity index (χ4v) is 1.55. The second kappa shape index (κ2) is 2.62. The van der Waals surface area contributed by atoms with Crippen molar-refractivity contribution in [2.45, 2.75) is 19.3 Å². The van der Waals surface area contributed by atoms with E-state index in [2.05, 4.69) is 5.16 Å². The van der Waals surface area contributed by atoms with Gasteiger partial charge in [0.05, 0.1) is 6.20 Å². The molecule has 0 aromatic carbocycles. The first-order valence-electron chi connectivity index (χ1n) is 3.99. The van der Waals surface area contributed by atoms with Gasteiger partial charge in [0.15, 0.2) is 0 Å². The number of nitrogens with zero attached hydrogens (tertiary/aromatic N) is 1. The van der Waals surface area contributed by atoms with Crippen LogP contribution in [0.3, 0.4) is 0 Å². The van der Waals surface area contributed by atoms with Crippen LogP contribution >= 0.6 is 0 Å². The molecular weight excluding hydrogens is 156 g/mol. The number of carbonyl (C=O) groups excluding carboxylic acids is 1. The van der Waals surface area contributed by atoms with Gasteiger partial charge in [-0.1, -0.05) is 5.16 Å². The van der Waals surface area contributed by atoms with Gasteiger partial charge in [-0.15, -0.1) is 0 Å². The SMILES string of the molecule is NC(=O)[C@H]1CCc2cnoc2C1. The molecule has 64 valence electrons. The number of aromatic nitrogens is 1. The summed E-state index contributed by atoms with van der Waals surface area (Å²) in [5.41, 5.74) is 6.31. The van der Waals surface area contributed by atoms with Crippen LogP contribution in [-0.4, -0.2) is 11.1 Å². The summed E-state index contributed by atoms with van der Waals surface area (Å²) in [4.78, 5) is 10.8. The van der Waals surface area contributed by atoms with Gasteiger partial charge in [0.25, 0.3) is 0 Å². The molecule has 0 saturated heterocycles. The van der Waals surface area contributed by atoms with E-state index in [0.717, 1.165) is 24.2 Å². The van der Waals surface area contributed by atoms with Crippen molar-refractivity contribution in [3.63, 3.8) is 0 Å². The van der Waals surface area contributed by atoms with E-state index in [1.54, 1.807) is 6.20 Å². The maximum absolute atomic E-state index is 10.8. The van der Waals surface area contributed by atoms with E-state index >= 15 is 0 Å². The number of fused-ring (bicyclic) bond motifs is 1. The molecule has 0 bridgehead atoms. The lowest BCUT2D eigenvalue weighted by Gasteiger charge is -2.16. The van der Waals surface area contributed by atoms with E-state index in [9.17, 15) is 4.79 Å². The van der Waals surface area contributed by atoms with Crippen LogP contribution in [0.2, 0.25) is 0 Å². The average Bonchev–Trinajstić information content (AvgIpc) is 2.49. The molecule has 1 aromatic rings. The van der Waals surface area contributed by atoms with Crippen molar-refractivity contribution in [2.75, 3.05) is 0 Å². The minimum atomic E-state index is -0.239. The molecule has 4 heteroatoms. The number of aryl methyl sites for hydroxylation is 1. The molecule has 1 aliphatic carbocycles. The molecule has 1 aliphatic rings. The normalized spacial score (nSPS) is 21.8. The van der Waals surface area contributed by atoms with Crippen molar-refractivity contribution >= 4 is 5.91 Å². The topological polar surface area (TPSA) is 69.1 Å². The van der Waals surface area contributed by atoms with Crippen molar-refractivity contribution in [2.24, 2.45) is 11.7 Å². The largest absolute Gasteiger partial charge is 0.369 e. The number of carbonyl (C=O) groups is 1. The minimum absolute atomic E-state index is 0.0644. The fraction of sp³-hybridized carbons (Fsp3) is 0.500. The monoisotopic (exact) mass is 166 g/mol. The second-order valence-electron chi connectivity index (χ2n) is 3.12. The Morgan fingerprint density at radius 2 is 2.58 bits per heavy atom. The lowest BCUT2D eigenvalue weighted by molar-refractivity contribution is -0.122. The van der Waals surface area contributed by atoms with Crippen LogP contribution in [0.5, 0.6) is 0 Å². The number of hydrogen-bond acceptors (Lipinski definition) is 3. The van der Waals surface area contributed by atoms with Gasteiger partial charge < -0.3 is 10.3 Å². The highest BCUT2D eigenvalue weighted by Gasteiger charge is 2.25. The van der Waals surface area contributed by atoms with Gasteiger partial charge in [-0.25, -0.2) is 0 Å². The Bertz CT molecular complexity index is 306. The van der Waals surface area contributed by atoms with Crippen LogP contribution in [0.15, 0.2) is 10.7 Å². The molecule has 0 saturated carbocycles. The lowest BCUT2D eigenvalue weighted by Crippen LogP contribution is -2.28. The van der Waals surface area contributed by atoms with Gasteiger partial charge >= 0.3 is 0 Å². The molecule has 0 radical (unpaired) electrons. The molecular formula is C8H10N2O2. The van der Waals surface area contributed by atoms with Crippen LogP contribution in [-0.2, 0) is 17.6 Å². The van der Waals surface area contributed by atoms with Gasteiger partial charge in [-0.05, 0) is 12.8 Å². The van der Waals surface area contributed by atoms with Crippen LogP contribution in [0, 0.1) is 5.92 Å². The Morgan fingerprint density at radius 3 is 3.33 bits per heavy atom. The molecule has 4 nitrogen and oxygen atoms in total. The predicted molar refractivity (Wildman–Crippen MR) is 41.2 cm³/mol. The molecule has 0 spiro atoms. The summed E-state index contributed by atoms with van der Waals surface area (Å²) in [5, 5.41) is 3.67. The highest BCUT2D eigenvalue weighted by atomic mass is 16.5. The number of hydrogen-bond donors (Lipinski definition) is 1. The third-order valence-electron chi connectivity index (χ3n) is 2.33. The van der Waals surface area contributed by atoms with Crippen molar-refractivity contribution in [1.82, 2.24) is 5.16 Å². The van der Waals surface area contributed by atoms with Crippen LogP contribution < -0.4 is 5.73 Å². The first-order valence-corrected chi connectivity index (χ1v) is 3.99. The van der Waals surface area contributed by atoms with Crippen LogP contribution in [0.4, 0.5) is 0 Å². The summed E-state index contributed by atoms with van der Waals surface area (Å²) < 4.78 is 4.98. The number of amides is 1. The summed E-state index contributed by atoms with van der Waals surface area (Å²) in [5.74, 6) is 0.521. The van der Waals surface area contributed by atoms with E-state index in [-0.39, 0.29) is 11.8 Å². The molecule has 1 amide bonds. The quantitative estimate of drug-likeness (QED) is 0.650. The maximum atomic E-state index is 10.8. The molecule has 0 aliphatic heterocycles. The van der Waals surface area contributed by atoms with E-state index in [4.69, 9.17) is 10.3 Å². The van der Waals surface area contributed by atoms with Crippen molar-refractivity contribution < 1.29 is 9.32 Å². The van der Waals surface area contributed by atoms with Crippen molar-refractivity contribution in [3.8, 4) is 0 Å². The zero-order valence-corrected chi connectivity index (χ0v) is 6.62. The van der Waals surface area contributed by atoms with Gasteiger partial charge in [0, 0.05) is 17.9 Å². The Morgan fingerprint density at radius 1 is 1.75 bits per heavy atom. The Hall–Kier alpha value is -1.32. The Balaban J connectivity index is 2.20. The fourth-order valence-electron chi connectivity index (χ4n) is 1.55. The zero-order chi connectivity index (χ0) is 8.55. The standard InChI is InChI=1S/C8H10N2O2/c9-8(11)5-1-2-6-4-10-12-7(6)3-5/h4-5H,1-3H2,(H2,9,11)/t5-/m0/s1. The van der Waals surface area contributed by atoms with Gasteiger partial charge in [-0.3, -0.25) is 4.79 Å². The molecule has 1 atom stereocenters. The smallest absolute Gasteiger partial charge is 0.220 e. The zero-order valence-electron chi connectivity index (χ0n) is 6.62. The van der Waals surface area contributed by atoms with Crippen LogP contribution in [0.1, 0.15) is 17.7 Å². The predicted octanol–water partition coefficient (Wildman–Crippen LogP) is 0.265. The Labute approximate surface area is 69.7 Å². The second-order valence-corrected chi connectivity index (χ2v) is 3.12. The molecule has 1 heterocycles. The molecule has 0 unspecified atom stereocenters. The first-order chi connectivity index (χ1) is 5.77. The van der Waals surface area contributed by atoms with Gasteiger partial charge in [-0.2, -0.15) is 0 Å². The molecule has 1 aromatic heterocycles. The van der Waals surface area contributed by atoms with E-state index in [1.807, 2.05) is 0 Å². The summed E-state index contributed by atoms with van der Waals surface area (Å²) in [6.45, 7) is 0. The van der Waals surface area contributed by atoms with E-state index in [1.165, 1.54) is 0 Å². The number of primary amides is 1. The van der Waals surface area contributed by atoms with Crippen molar-refractivity contribution in [1.29, 1.82) is 0 Å². The number of rotatable bonds is 1. The maximum Gasteiger partial charge on any atom is 0.220 e. The molecule has 12 heavy (non-hydrogen) atoms. The highest BCUT2D eigenvalue weighted by Crippen LogP contribution is 2.24. The van der Waals surface area contributed by atoms with Crippen molar-refractivity contribution in [3.05, 3.63) is 17.5 Å². The molecule has 2 N–H and O–H groups in total. The molecule has 2 rings (SSSR count).